The van der Waals surface area contributed by atoms with Crippen LogP contribution in [0.1, 0.15) is 39.0 Å². The molecule has 2 aliphatic rings. The second kappa shape index (κ2) is 3.00. The highest BCUT2D eigenvalue weighted by Gasteiger charge is 2.47. The van der Waals surface area contributed by atoms with Gasteiger partial charge in [-0.25, -0.2) is 0 Å². The Kier molecular flexibility index (Phi) is 2.13. The molecule has 0 aromatic rings. The van der Waals surface area contributed by atoms with Gasteiger partial charge in [0.05, 0.1) is 0 Å². The third kappa shape index (κ3) is 1.01. The molecule has 0 radical (unpaired) electrons. The smallest absolute Gasteiger partial charge is 0.0335 e. The van der Waals surface area contributed by atoms with Crippen molar-refractivity contribution in [3.63, 3.8) is 0 Å². The fourth-order valence-electron chi connectivity index (χ4n) is 3.13. The van der Waals surface area contributed by atoms with Crippen LogP contribution < -0.4 is 5.73 Å². The number of fused-ring (bicyclic) bond motifs is 1. The molecule has 2 heterocycles. The first-order valence-corrected chi connectivity index (χ1v) is 5.29. The average molecular weight is 168 g/mol. The van der Waals surface area contributed by atoms with Gasteiger partial charge in [0, 0.05) is 18.1 Å². The van der Waals surface area contributed by atoms with Gasteiger partial charge in [-0.2, -0.15) is 0 Å². The molecule has 2 unspecified atom stereocenters. The molecular formula is C10H20N2. The lowest BCUT2D eigenvalue weighted by Crippen LogP contribution is -2.47. The maximum Gasteiger partial charge on any atom is 0.0335 e. The van der Waals surface area contributed by atoms with Crippen molar-refractivity contribution in [2.75, 3.05) is 13.1 Å². The molecule has 2 aliphatic heterocycles. The molecule has 0 amide bonds. The Labute approximate surface area is 75.1 Å². The van der Waals surface area contributed by atoms with E-state index in [1.807, 2.05) is 0 Å². The fourth-order valence-corrected chi connectivity index (χ4v) is 3.13. The van der Waals surface area contributed by atoms with Gasteiger partial charge >= 0.3 is 0 Å². The third-order valence-corrected chi connectivity index (χ3v) is 3.89. The molecule has 2 atom stereocenters. The van der Waals surface area contributed by atoms with E-state index in [4.69, 9.17) is 5.73 Å². The lowest BCUT2D eigenvalue weighted by atomic mass is 9.94. The first-order valence-electron chi connectivity index (χ1n) is 5.29. The van der Waals surface area contributed by atoms with Crippen molar-refractivity contribution >= 4 is 0 Å². The minimum absolute atomic E-state index is 0.431. The van der Waals surface area contributed by atoms with E-state index in [1.54, 1.807) is 0 Å². The van der Waals surface area contributed by atoms with Crippen LogP contribution in [0.15, 0.2) is 0 Å². The minimum Gasteiger partial charge on any atom is -0.329 e. The summed E-state index contributed by atoms with van der Waals surface area (Å²) in [6.45, 7) is 4.48. The Balaban J connectivity index is 2.14. The molecule has 70 valence electrons. The predicted octanol–water partition coefficient (Wildman–Crippen LogP) is 1.35. The van der Waals surface area contributed by atoms with E-state index in [1.165, 1.54) is 38.6 Å². The number of hydrogen-bond donors (Lipinski definition) is 1. The molecule has 2 fully saturated rings. The molecule has 2 saturated heterocycles. The summed E-state index contributed by atoms with van der Waals surface area (Å²) in [4.78, 5) is 2.69. The van der Waals surface area contributed by atoms with Gasteiger partial charge < -0.3 is 5.73 Å². The molecule has 0 bridgehead atoms. The molecule has 2 N–H and O–H groups in total. The van der Waals surface area contributed by atoms with Gasteiger partial charge in [-0.1, -0.05) is 6.92 Å². The normalized spacial score (nSPS) is 42.0. The van der Waals surface area contributed by atoms with Gasteiger partial charge in [0.2, 0.25) is 0 Å². The van der Waals surface area contributed by atoms with Crippen LogP contribution in [0, 0.1) is 0 Å². The van der Waals surface area contributed by atoms with Crippen molar-refractivity contribution in [2.24, 2.45) is 5.73 Å². The zero-order valence-electron chi connectivity index (χ0n) is 8.05. The van der Waals surface area contributed by atoms with Crippen molar-refractivity contribution in [1.82, 2.24) is 4.90 Å². The van der Waals surface area contributed by atoms with Crippen LogP contribution >= 0.6 is 0 Å². The van der Waals surface area contributed by atoms with E-state index in [-0.39, 0.29) is 0 Å². The van der Waals surface area contributed by atoms with Gasteiger partial charge in [0.1, 0.15) is 0 Å². The van der Waals surface area contributed by atoms with Crippen molar-refractivity contribution in [3.05, 3.63) is 0 Å². The number of hydrogen-bond acceptors (Lipinski definition) is 2. The zero-order chi connectivity index (χ0) is 8.60. The van der Waals surface area contributed by atoms with E-state index in [2.05, 4.69) is 11.8 Å². The molecule has 2 rings (SSSR count). The Bertz CT molecular complexity index is 169. The summed E-state index contributed by atoms with van der Waals surface area (Å²) in [6, 6.07) is 0.844. The quantitative estimate of drug-likeness (QED) is 0.674. The van der Waals surface area contributed by atoms with Gasteiger partial charge in [-0.15, -0.1) is 0 Å². The second-order valence-corrected chi connectivity index (χ2v) is 4.33. The van der Waals surface area contributed by atoms with Crippen LogP contribution in [0.4, 0.5) is 0 Å². The van der Waals surface area contributed by atoms with Gasteiger partial charge in [0.25, 0.3) is 0 Å². The van der Waals surface area contributed by atoms with E-state index < -0.39 is 0 Å². The maximum absolute atomic E-state index is 5.88. The lowest BCUT2D eigenvalue weighted by molar-refractivity contribution is 0.154. The van der Waals surface area contributed by atoms with Crippen LogP contribution in [0.3, 0.4) is 0 Å². The summed E-state index contributed by atoms with van der Waals surface area (Å²) < 4.78 is 0. The maximum atomic E-state index is 5.88. The Hall–Kier alpha value is -0.0800. The van der Waals surface area contributed by atoms with Crippen LogP contribution in [0.25, 0.3) is 0 Å². The summed E-state index contributed by atoms with van der Waals surface area (Å²) in [7, 11) is 0. The van der Waals surface area contributed by atoms with Crippen LogP contribution in [0.2, 0.25) is 0 Å². The lowest BCUT2D eigenvalue weighted by Gasteiger charge is -2.33. The van der Waals surface area contributed by atoms with Crippen molar-refractivity contribution in [2.45, 2.75) is 50.6 Å². The monoisotopic (exact) mass is 168 g/mol. The Morgan fingerprint density at radius 1 is 1.50 bits per heavy atom. The highest BCUT2D eigenvalue weighted by molar-refractivity contribution is 5.04. The molecular weight excluding hydrogens is 148 g/mol. The highest BCUT2D eigenvalue weighted by Crippen LogP contribution is 2.42. The van der Waals surface area contributed by atoms with E-state index in [9.17, 15) is 0 Å². The number of nitrogens with two attached hydrogens (primary N) is 1. The fraction of sp³-hybridized carbons (Fsp3) is 1.00. The minimum atomic E-state index is 0.431. The standard InChI is InChI=1S/C10H20N2/c1-2-9-4-6-10(8-11)5-3-7-12(9)10/h9H,2-8,11H2,1H3. The van der Waals surface area contributed by atoms with E-state index >= 15 is 0 Å². The molecule has 0 saturated carbocycles. The Morgan fingerprint density at radius 3 is 3.00 bits per heavy atom. The molecule has 0 spiro atoms. The molecule has 12 heavy (non-hydrogen) atoms. The summed E-state index contributed by atoms with van der Waals surface area (Å²) in [5, 5.41) is 0. The molecule has 2 nitrogen and oxygen atoms in total. The Morgan fingerprint density at radius 2 is 2.33 bits per heavy atom. The largest absolute Gasteiger partial charge is 0.329 e. The van der Waals surface area contributed by atoms with Gasteiger partial charge in [-0.05, 0) is 38.6 Å². The summed E-state index contributed by atoms with van der Waals surface area (Å²) in [5.41, 5.74) is 6.32. The molecule has 2 heteroatoms. The van der Waals surface area contributed by atoms with Crippen LogP contribution in [0.5, 0.6) is 0 Å². The van der Waals surface area contributed by atoms with E-state index in [0.717, 1.165) is 12.6 Å². The van der Waals surface area contributed by atoms with Gasteiger partial charge in [-0.3, -0.25) is 4.90 Å². The first kappa shape index (κ1) is 8.52. The topological polar surface area (TPSA) is 29.3 Å². The van der Waals surface area contributed by atoms with Crippen LogP contribution in [-0.4, -0.2) is 29.6 Å². The average Bonchev–Trinajstić information content (AvgIpc) is 2.61. The van der Waals surface area contributed by atoms with E-state index in [0.29, 0.717) is 5.54 Å². The zero-order valence-corrected chi connectivity index (χ0v) is 8.05. The first-order chi connectivity index (χ1) is 5.82. The van der Waals surface area contributed by atoms with Crippen molar-refractivity contribution in [1.29, 1.82) is 0 Å². The van der Waals surface area contributed by atoms with Crippen molar-refractivity contribution in [3.8, 4) is 0 Å². The summed E-state index contributed by atoms with van der Waals surface area (Å²) >= 11 is 0. The molecule has 0 aromatic carbocycles. The molecule has 0 aromatic heterocycles. The predicted molar refractivity (Wildman–Crippen MR) is 51.0 cm³/mol. The molecule has 0 aliphatic carbocycles. The third-order valence-electron chi connectivity index (χ3n) is 3.89. The SMILES string of the molecule is CCC1CCC2(CN)CCCN12. The highest BCUT2D eigenvalue weighted by atomic mass is 15.3. The van der Waals surface area contributed by atoms with Gasteiger partial charge in [0.15, 0.2) is 0 Å². The number of nitrogens with zero attached hydrogens (tertiary/aromatic N) is 1. The summed E-state index contributed by atoms with van der Waals surface area (Å²) in [5.74, 6) is 0. The van der Waals surface area contributed by atoms with Crippen molar-refractivity contribution < 1.29 is 0 Å². The second-order valence-electron chi connectivity index (χ2n) is 4.33. The van der Waals surface area contributed by atoms with Crippen LogP contribution in [-0.2, 0) is 0 Å². The summed E-state index contributed by atoms with van der Waals surface area (Å²) in [6.07, 6.45) is 6.76. The number of rotatable bonds is 2.